The average Bonchev–Trinajstić information content (AvgIpc) is 1.89. The van der Waals surface area contributed by atoms with Crippen LogP contribution in [0.2, 0.25) is 0 Å². The van der Waals surface area contributed by atoms with Gasteiger partial charge in [0.15, 0.2) is 0 Å². The quantitative estimate of drug-likeness (QED) is 0.518. The highest BCUT2D eigenvalue weighted by Gasteiger charge is 2.11. The smallest absolute Gasteiger partial charge is 0.146 e. The summed E-state index contributed by atoms with van der Waals surface area (Å²) >= 11 is 1.85. The second-order valence-corrected chi connectivity index (χ2v) is 3.57. The van der Waals surface area contributed by atoms with E-state index in [4.69, 9.17) is 0 Å². The third kappa shape index (κ3) is 1.58. The summed E-state index contributed by atoms with van der Waals surface area (Å²) in [5.74, 6) is 1.17. The number of hydrogen-bond donors (Lipinski definition) is 0. The Balaban J connectivity index is 2.63. The standard InChI is InChI=1S/C7H10OS/c1-6-7(5-8)3-2-4-9-6/h3,5-6H,2,4H2,1H3/t6-/m0/s1. The molecule has 0 amide bonds. The molecule has 0 unspecified atom stereocenters. The van der Waals surface area contributed by atoms with Gasteiger partial charge >= 0.3 is 0 Å². The van der Waals surface area contributed by atoms with Crippen molar-refractivity contribution >= 4 is 18.0 Å². The lowest BCUT2D eigenvalue weighted by Gasteiger charge is -2.14. The zero-order valence-corrected chi connectivity index (χ0v) is 6.28. The molecule has 0 radical (unpaired) electrons. The molecule has 1 rings (SSSR count). The van der Waals surface area contributed by atoms with E-state index in [9.17, 15) is 4.79 Å². The zero-order valence-electron chi connectivity index (χ0n) is 5.46. The molecular formula is C7H10OS. The van der Waals surface area contributed by atoms with Gasteiger partial charge in [0.2, 0.25) is 0 Å². The number of hydrogen-bond acceptors (Lipinski definition) is 2. The Morgan fingerprint density at radius 3 is 3.11 bits per heavy atom. The first-order valence-electron chi connectivity index (χ1n) is 3.11. The van der Waals surface area contributed by atoms with Crippen LogP contribution < -0.4 is 0 Å². The summed E-state index contributed by atoms with van der Waals surface area (Å²) in [5.41, 5.74) is 0.964. The molecule has 0 saturated carbocycles. The van der Waals surface area contributed by atoms with Gasteiger partial charge in [-0.05, 0) is 19.1 Å². The van der Waals surface area contributed by atoms with E-state index >= 15 is 0 Å². The monoisotopic (exact) mass is 142 g/mol. The minimum atomic E-state index is 0.427. The molecule has 0 spiro atoms. The number of rotatable bonds is 1. The van der Waals surface area contributed by atoms with Crippen molar-refractivity contribution in [2.45, 2.75) is 18.6 Å². The second-order valence-electron chi connectivity index (χ2n) is 2.12. The van der Waals surface area contributed by atoms with Crippen molar-refractivity contribution in [3.8, 4) is 0 Å². The Morgan fingerprint density at radius 1 is 1.89 bits per heavy atom. The Labute approximate surface area is 59.5 Å². The summed E-state index contributed by atoms with van der Waals surface area (Å²) < 4.78 is 0. The van der Waals surface area contributed by atoms with Gasteiger partial charge < -0.3 is 0 Å². The lowest BCUT2D eigenvalue weighted by atomic mass is 10.2. The summed E-state index contributed by atoms with van der Waals surface area (Å²) in [7, 11) is 0. The van der Waals surface area contributed by atoms with Gasteiger partial charge in [0, 0.05) is 10.8 Å². The maximum Gasteiger partial charge on any atom is 0.146 e. The molecule has 0 aliphatic carbocycles. The van der Waals surface area contributed by atoms with E-state index in [1.165, 1.54) is 5.75 Å². The van der Waals surface area contributed by atoms with Crippen LogP contribution in [-0.4, -0.2) is 17.3 Å². The van der Waals surface area contributed by atoms with Gasteiger partial charge in [-0.15, -0.1) is 0 Å². The third-order valence-electron chi connectivity index (χ3n) is 1.47. The van der Waals surface area contributed by atoms with Gasteiger partial charge in [-0.25, -0.2) is 0 Å². The predicted octanol–water partition coefficient (Wildman–Crippen LogP) is 1.64. The van der Waals surface area contributed by atoms with Crippen molar-refractivity contribution in [3.05, 3.63) is 11.6 Å². The van der Waals surface area contributed by atoms with Crippen molar-refractivity contribution in [2.75, 3.05) is 5.75 Å². The van der Waals surface area contributed by atoms with Crippen LogP contribution >= 0.6 is 11.8 Å². The van der Waals surface area contributed by atoms with Crippen LogP contribution in [0.3, 0.4) is 0 Å². The molecule has 0 bridgehead atoms. The lowest BCUT2D eigenvalue weighted by molar-refractivity contribution is -0.105. The SMILES string of the molecule is C[C@@H]1SCCC=C1C=O. The first-order valence-corrected chi connectivity index (χ1v) is 4.16. The Bertz CT molecular complexity index is 140. The lowest BCUT2D eigenvalue weighted by Crippen LogP contribution is -2.07. The van der Waals surface area contributed by atoms with Gasteiger partial charge in [0.1, 0.15) is 6.29 Å². The number of carbonyl (C=O) groups is 1. The molecule has 1 heterocycles. The molecule has 1 aliphatic rings. The molecule has 1 aliphatic heterocycles. The maximum atomic E-state index is 10.3. The van der Waals surface area contributed by atoms with E-state index in [2.05, 4.69) is 6.92 Å². The van der Waals surface area contributed by atoms with E-state index in [1.54, 1.807) is 0 Å². The van der Waals surface area contributed by atoms with Gasteiger partial charge in [0.25, 0.3) is 0 Å². The molecule has 0 saturated heterocycles. The first-order chi connectivity index (χ1) is 4.34. The summed E-state index contributed by atoms with van der Waals surface area (Å²) in [6, 6.07) is 0. The van der Waals surface area contributed by atoms with Crippen molar-refractivity contribution in [3.63, 3.8) is 0 Å². The van der Waals surface area contributed by atoms with E-state index in [-0.39, 0.29) is 0 Å². The average molecular weight is 142 g/mol. The number of aldehydes is 1. The van der Waals surface area contributed by atoms with Gasteiger partial charge in [0.05, 0.1) is 0 Å². The molecule has 1 nitrogen and oxygen atoms in total. The molecule has 0 aromatic carbocycles. The molecule has 1 atom stereocenters. The van der Waals surface area contributed by atoms with E-state index < -0.39 is 0 Å². The Hall–Kier alpha value is -0.240. The fraction of sp³-hybridized carbons (Fsp3) is 0.571. The zero-order chi connectivity index (χ0) is 6.69. The normalized spacial score (nSPS) is 27.2. The summed E-state index contributed by atoms with van der Waals surface area (Å²) in [5, 5.41) is 0.427. The van der Waals surface area contributed by atoms with E-state index in [0.29, 0.717) is 5.25 Å². The summed E-state index contributed by atoms with van der Waals surface area (Å²) in [6.07, 6.45) is 4.06. The van der Waals surface area contributed by atoms with Crippen molar-refractivity contribution in [2.24, 2.45) is 0 Å². The van der Waals surface area contributed by atoms with Crippen LogP contribution in [0.15, 0.2) is 11.6 Å². The van der Waals surface area contributed by atoms with E-state index in [0.717, 1.165) is 18.3 Å². The fourth-order valence-electron chi connectivity index (χ4n) is 0.877. The Kier molecular flexibility index (Phi) is 2.34. The van der Waals surface area contributed by atoms with Crippen LogP contribution in [0.5, 0.6) is 0 Å². The summed E-state index contributed by atoms with van der Waals surface area (Å²) in [6.45, 7) is 2.07. The fourth-order valence-corrected chi connectivity index (χ4v) is 1.83. The van der Waals surface area contributed by atoms with Crippen molar-refractivity contribution in [1.82, 2.24) is 0 Å². The van der Waals surface area contributed by atoms with Gasteiger partial charge in [-0.3, -0.25) is 4.79 Å². The molecular weight excluding hydrogens is 132 g/mol. The van der Waals surface area contributed by atoms with Crippen molar-refractivity contribution < 1.29 is 4.79 Å². The van der Waals surface area contributed by atoms with Crippen LogP contribution in [0.4, 0.5) is 0 Å². The number of thioether (sulfide) groups is 1. The molecule has 2 heteroatoms. The molecule has 50 valence electrons. The van der Waals surface area contributed by atoms with Crippen LogP contribution in [-0.2, 0) is 4.79 Å². The molecule has 0 aromatic rings. The summed E-state index contributed by atoms with van der Waals surface area (Å²) in [4.78, 5) is 10.3. The minimum absolute atomic E-state index is 0.427. The van der Waals surface area contributed by atoms with Crippen molar-refractivity contribution in [1.29, 1.82) is 0 Å². The number of allylic oxidation sites excluding steroid dienone is 1. The second kappa shape index (κ2) is 3.06. The number of carbonyl (C=O) groups excluding carboxylic acids is 1. The largest absolute Gasteiger partial charge is 0.298 e. The first kappa shape index (κ1) is 6.87. The highest BCUT2D eigenvalue weighted by Crippen LogP contribution is 2.23. The van der Waals surface area contributed by atoms with Gasteiger partial charge in [-0.1, -0.05) is 6.08 Å². The Morgan fingerprint density at radius 2 is 2.67 bits per heavy atom. The third-order valence-corrected chi connectivity index (χ3v) is 2.71. The maximum absolute atomic E-state index is 10.3. The highest BCUT2D eigenvalue weighted by atomic mass is 32.2. The molecule has 0 fully saturated rings. The highest BCUT2D eigenvalue weighted by molar-refractivity contribution is 8.00. The van der Waals surface area contributed by atoms with Gasteiger partial charge in [-0.2, -0.15) is 11.8 Å². The van der Waals surface area contributed by atoms with Crippen LogP contribution in [0.1, 0.15) is 13.3 Å². The van der Waals surface area contributed by atoms with Crippen LogP contribution in [0, 0.1) is 0 Å². The minimum Gasteiger partial charge on any atom is -0.298 e. The van der Waals surface area contributed by atoms with E-state index in [1.807, 2.05) is 17.8 Å². The van der Waals surface area contributed by atoms with Crippen LogP contribution in [0.25, 0.3) is 0 Å². The predicted molar refractivity (Wildman–Crippen MR) is 40.7 cm³/mol. The molecule has 0 aromatic heterocycles. The molecule has 9 heavy (non-hydrogen) atoms. The molecule has 0 N–H and O–H groups in total. The topological polar surface area (TPSA) is 17.1 Å².